The van der Waals surface area contributed by atoms with Gasteiger partial charge in [-0.15, -0.1) is 10.2 Å². The van der Waals surface area contributed by atoms with Crippen LogP contribution in [0.5, 0.6) is 5.75 Å². The van der Waals surface area contributed by atoms with Gasteiger partial charge < -0.3 is 20.1 Å². The zero-order valence-electron chi connectivity index (χ0n) is 13.0. The summed E-state index contributed by atoms with van der Waals surface area (Å²) >= 11 is 0. The molecule has 0 fully saturated rings. The second-order valence-electron chi connectivity index (χ2n) is 4.73. The third-order valence-corrected chi connectivity index (χ3v) is 2.88. The Balaban J connectivity index is 1.73. The predicted octanol–water partition coefficient (Wildman–Crippen LogP) is 1.94. The van der Waals surface area contributed by atoms with Crippen LogP contribution in [0, 0.1) is 0 Å². The van der Waals surface area contributed by atoms with Crippen LogP contribution in [0.4, 0.5) is 11.6 Å². The van der Waals surface area contributed by atoms with Crippen molar-refractivity contribution in [2.75, 3.05) is 37.5 Å². The van der Waals surface area contributed by atoms with Crippen molar-refractivity contribution in [3.63, 3.8) is 0 Å². The van der Waals surface area contributed by atoms with E-state index in [4.69, 9.17) is 9.47 Å². The molecule has 0 aliphatic heterocycles. The first kappa shape index (κ1) is 16.7. The van der Waals surface area contributed by atoms with Crippen LogP contribution in [0.3, 0.4) is 0 Å². The lowest BCUT2D eigenvalue weighted by molar-refractivity contribution is -0.118. The second kappa shape index (κ2) is 9.37. The van der Waals surface area contributed by atoms with Gasteiger partial charge in [0.15, 0.2) is 12.4 Å². The monoisotopic (exact) mass is 316 g/mol. The Hall–Kier alpha value is -2.67. The molecule has 2 N–H and O–H groups in total. The fourth-order valence-electron chi connectivity index (χ4n) is 1.77. The van der Waals surface area contributed by atoms with E-state index in [0.717, 1.165) is 13.0 Å². The van der Waals surface area contributed by atoms with Crippen molar-refractivity contribution in [3.8, 4) is 5.75 Å². The third-order valence-electron chi connectivity index (χ3n) is 2.88. The molecule has 0 bridgehead atoms. The molecule has 1 aromatic carbocycles. The number of methoxy groups -OCH3 is 1. The van der Waals surface area contributed by atoms with Gasteiger partial charge in [-0.2, -0.15) is 0 Å². The van der Waals surface area contributed by atoms with Crippen LogP contribution in [0.1, 0.15) is 6.42 Å². The SMILES string of the molecule is COCCCNc1ccc(NC(=O)COc2ccccc2)nn1. The van der Waals surface area contributed by atoms with Gasteiger partial charge in [-0.25, -0.2) is 0 Å². The summed E-state index contributed by atoms with van der Waals surface area (Å²) in [5.41, 5.74) is 0. The fraction of sp³-hybridized carbons (Fsp3) is 0.312. The van der Waals surface area contributed by atoms with Gasteiger partial charge in [0.1, 0.15) is 11.6 Å². The summed E-state index contributed by atoms with van der Waals surface area (Å²) in [6.45, 7) is 1.36. The molecule has 7 nitrogen and oxygen atoms in total. The van der Waals surface area contributed by atoms with Gasteiger partial charge >= 0.3 is 0 Å². The summed E-state index contributed by atoms with van der Waals surface area (Å²) in [6.07, 6.45) is 0.882. The average molecular weight is 316 g/mol. The Labute approximate surface area is 135 Å². The Morgan fingerprint density at radius 1 is 1.09 bits per heavy atom. The first-order valence-corrected chi connectivity index (χ1v) is 7.32. The van der Waals surface area contributed by atoms with Gasteiger partial charge in [0.2, 0.25) is 0 Å². The first-order chi connectivity index (χ1) is 11.3. The van der Waals surface area contributed by atoms with Crippen LogP contribution < -0.4 is 15.4 Å². The maximum Gasteiger partial charge on any atom is 0.263 e. The van der Waals surface area contributed by atoms with Crippen LogP contribution in [-0.4, -0.2) is 43.0 Å². The number of carbonyl (C=O) groups is 1. The average Bonchev–Trinajstić information content (AvgIpc) is 2.59. The van der Waals surface area contributed by atoms with E-state index < -0.39 is 0 Å². The minimum Gasteiger partial charge on any atom is -0.484 e. The number of carbonyl (C=O) groups excluding carboxylic acids is 1. The van der Waals surface area contributed by atoms with Crippen LogP contribution in [0.25, 0.3) is 0 Å². The predicted molar refractivity (Wildman–Crippen MR) is 87.6 cm³/mol. The highest BCUT2D eigenvalue weighted by Gasteiger charge is 2.05. The molecule has 0 spiro atoms. The van der Waals surface area contributed by atoms with Crippen molar-refractivity contribution in [1.29, 1.82) is 0 Å². The number of amides is 1. The summed E-state index contributed by atoms with van der Waals surface area (Å²) in [7, 11) is 1.67. The Morgan fingerprint density at radius 3 is 2.52 bits per heavy atom. The van der Waals surface area contributed by atoms with E-state index in [1.807, 2.05) is 18.2 Å². The van der Waals surface area contributed by atoms with E-state index in [1.54, 1.807) is 31.4 Å². The number of anilines is 2. The van der Waals surface area contributed by atoms with Crippen LogP contribution in [0.2, 0.25) is 0 Å². The highest BCUT2D eigenvalue weighted by atomic mass is 16.5. The molecule has 122 valence electrons. The lowest BCUT2D eigenvalue weighted by atomic mass is 10.3. The van der Waals surface area contributed by atoms with Gasteiger partial charge in [-0.3, -0.25) is 4.79 Å². The zero-order valence-corrected chi connectivity index (χ0v) is 13.0. The molecule has 1 amide bonds. The number of hydrogen-bond acceptors (Lipinski definition) is 6. The molecule has 0 saturated heterocycles. The maximum absolute atomic E-state index is 11.8. The standard InChI is InChI=1S/C16H20N4O3/c1-22-11-5-10-17-14-8-9-15(20-19-14)18-16(21)12-23-13-6-3-2-4-7-13/h2-4,6-9H,5,10-12H2,1H3,(H,17,19)(H,18,20,21). The molecule has 7 heteroatoms. The normalized spacial score (nSPS) is 10.1. The first-order valence-electron chi connectivity index (χ1n) is 7.32. The molecule has 0 aliphatic rings. The smallest absolute Gasteiger partial charge is 0.263 e. The van der Waals surface area contributed by atoms with Crippen LogP contribution >= 0.6 is 0 Å². The van der Waals surface area contributed by atoms with E-state index in [-0.39, 0.29) is 12.5 Å². The molecule has 2 aromatic rings. The topological polar surface area (TPSA) is 85.4 Å². The molecule has 23 heavy (non-hydrogen) atoms. The van der Waals surface area contributed by atoms with Gasteiger partial charge in [0.25, 0.3) is 5.91 Å². The van der Waals surface area contributed by atoms with Gasteiger partial charge in [-0.05, 0) is 30.7 Å². The zero-order chi connectivity index (χ0) is 16.3. The Kier molecular flexibility index (Phi) is 6.80. The number of hydrogen-bond donors (Lipinski definition) is 2. The summed E-state index contributed by atoms with van der Waals surface area (Å²) in [6, 6.07) is 12.6. The highest BCUT2D eigenvalue weighted by molar-refractivity contribution is 5.90. The summed E-state index contributed by atoms with van der Waals surface area (Å²) < 4.78 is 10.3. The number of nitrogens with one attached hydrogen (secondary N) is 2. The molecule has 0 unspecified atom stereocenters. The number of nitrogens with zero attached hydrogens (tertiary/aromatic N) is 2. The van der Waals surface area contributed by atoms with E-state index in [9.17, 15) is 4.79 Å². The van der Waals surface area contributed by atoms with Crippen LogP contribution in [0.15, 0.2) is 42.5 Å². The quantitative estimate of drug-likeness (QED) is 0.688. The number of rotatable bonds is 9. The molecular formula is C16H20N4O3. The van der Waals surface area contributed by atoms with E-state index in [2.05, 4.69) is 20.8 Å². The lowest BCUT2D eigenvalue weighted by Gasteiger charge is -2.07. The Morgan fingerprint density at radius 2 is 1.83 bits per heavy atom. The van der Waals surface area contributed by atoms with E-state index in [1.165, 1.54) is 0 Å². The summed E-state index contributed by atoms with van der Waals surface area (Å²) in [5.74, 6) is 1.39. The second-order valence-corrected chi connectivity index (χ2v) is 4.73. The summed E-state index contributed by atoms with van der Waals surface area (Å²) in [5, 5.41) is 13.7. The molecule has 0 atom stereocenters. The molecule has 1 aromatic heterocycles. The molecular weight excluding hydrogens is 296 g/mol. The number of ether oxygens (including phenoxy) is 2. The van der Waals surface area contributed by atoms with Gasteiger partial charge in [0, 0.05) is 20.3 Å². The van der Waals surface area contributed by atoms with Crippen molar-refractivity contribution in [1.82, 2.24) is 10.2 Å². The minimum atomic E-state index is -0.288. The molecule has 1 heterocycles. The van der Waals surface area contributed by atoms with Crippen molar-refractivity contribution < 1.29 is 14.3 Å². The number of benzene rings is 1. The Bertz CT molecular complexity index is 590. The molecule has 0 aliphatic carbocycles. The van der Waals surface area contributed by atoms with E-state index in [0.29, 0.717) is 24.0 Å². The van der Waals surface area contributed by atoms with Crippen molar-refractivity contribution >= 4 is 17.5 Å². The largest absolute Gasteiger partial charge is 0.484 e. The maximum atomic E-state index is 11.8. The number of aromatic nitrogens is 2. The van der Waals surface area contributed by atoms with Crippen LogP contribution in [-0.2, 0) is 9.53 Å². The molecule has 0 radical (unpaired) electrons. The van der Waals surface area contributed by atoms with Crippen molar-refractivity contribution in [3.05, 3.63) is 42.5 Å². The minimum absolute atomic E-state index is 0.0806. The third kappa shape index (κ3) is 6.31. The fourth-order valence-corrected chi connectivity index (χ4v) is 1.77. The molecule has 0 saturated carbocycles. The summed E-state index contributed by atoms with van der Waals surface area (Å²) in [4.78, 5) is 11.8. The van der Waals surface area contributed by atoms with Gasteiger partial charge in [0.05, 0.1) is 0 Å². The lowest BCUT2D eigenvalue weighted by Crippen LogP contribution is -2.21. The number of para-hydroxylation sites is 1. The highest BCUT2D eigenvalue weighted by Crippen LogP contribution is 2.09. The van der Waals surface area contributed by atoms with Crippen molar-refractivity contribution in [2.45, 2.75) is 6.42 Å². The van der Waals surface area contributed by atoms with Gasteiger partial charge in [-0.1, -0.05) is 18.2 Å². The van der Waals surface area contributed by atoms with E-state index >= 15 is 0 Å². The van der Waals surface area contributed by atoms with Crippen molar-refractivity contribution in [2.24, 2.45) is 0 Å². The molecule has 2 rings (SSSR count).